The summed E-state index contributed by atoms with van der Waals surface area (Å²) in [6, 6.07) is 0. The van der Waals surface area contributed by atoms with Crippen LogP contribution in [0, 0.1) is 0 Å². The molecular weight excluding hydrogens is 240 g/mol. The quantitative estimate of drug-likeness (QED) is 0.608. The largest absolute Gasteiger partial charge is 0.213 e. The summed E-state index contributed by atoms with van der Waals surface area (Å²) in [6.45, 7) is 3.34. The summed E-state index contributed by atoms with van der Waals surface area (Å²) >= 11 is 0. The van der Waals surface area contributed by atoms with Crippen LogP contribution in [0.1, 0.15) is 26.7 Å². The molecule has 0 heterocycles. The van der Waals surface area contributed by atoms with Crippen molar-refractivity contribution in [2.24, 2.45) is 0 Å². The van der Waals surface area contributed by atoms with E-state index >= 15 is 0 Å². The molecule has 8 heteroatoms. The van der Waals surface area contributed by atoms with E-state index in [1.165, 1.54) is 6.92 Å². The highest BCUT2D eigenvalue weighted by Crippen LogP contribution is 1.97. The van der Waals surface area contributed by atoms with Gasteiger partial charge in [0.05, 0.1) is 18.2 Å². The Kier molecular flexibility index (Phi) is 5.71. The molecule has 0 aromatic rings. The van der Waals surface area contributed by atoms with Crippen LogP contribution in [0.5, 0.6) is 0 Å². The van der Waals surface area contributed by atoms with Crippen molar-refractivity contribution in [1.82, 2.24) is 9.44 Å². The third-order valence-electron chi connectivity index (χ3n) is 1.64. The first-order valence-corrected chi connectivity index (χ1v) is 8.22. The molecule has 6 nitrogen and oxygen atoms in total. The second-order valence-corrected chi connectivity index (χ2v) is 7.08. The molecular formula is C7H18N2O4S2. The Bertz CT molecular complexity index is 374. The summed E-state index contributed by atoms with van der Waals surface area (Å²) in [5.41, 5.74) is 0. The fourth-order valence-electron chi connectivity index (χ4n) is 0.989. The van der Waals surface area contributed by atoms with Crippen LogP contribution >= 0.6 is 0 Å². The number of hydrogen-bond donors (Lipinski definition) is 2. The zero-order chi connectivity index (χ0) is 12.1. The molecule has 0 aliphatic heterocycles. The van der Waals surface area contributed by atoms with Gasteiger partial charge in [0, 0.05) is 0 Å². The molecule has 15 heavy (non-hydrogen) atoms. The minimum Gasteiger partial charge on any atom is -0.213 e. The average Bonchev–Trinajstić information content (AvgIpc) is 2.01. The highest BCUT2D eigenvalue weighted by atomic mass is 32.2. The Morgan fingerprint density at radius 1 is 1.07 bits per heavy atom. The van der Waals surface area contributed by atoms with Gasteiger partial charge in [0.15, 0.2) is 0 Å². The lowest BCUT2D eigenvalue weighted by Crippen LogP contribution is -2.47. The first-order chi connectivity index (χ1) is 6.70. The van der Waals surface area contributed by atoms with Crippen molar-refractivity contribution in [2.75, 3.05) is 12.0 Å². The van der Waals surface area contributed by atoms with E-state index in [-0.39, 0.29) is 5.75 Å². The van der Waals surface area contributed by atoms with E-state index in [9.17, 15) is 16.8 Å². The molecule has 0 aliphatic rings. The lowest BCUT2D eigenvalue weighted by atomic mass is 10.3. The lowest BCUT2D eigenvalue weighted by Gasteiger charge is -2.17. The van der Waals surface area contributed by atoms with Gasteiger partial charge in [-0.05, 0) is 13.3 Å². The molecule has 1 atom stereocenters. The van der Waals surface area contributed by atoms with Gasteiger partial charge in [0.1, 0.15) is 0 Å². The van der Waals surface area contributed by atoms with Gasteiger partial charge in [-0.25, -0.2) is 16.8 Å². The van der Waals surface area contributed by atoms with Crippen molar-refractivity contribution in [3.63, 3.8) is 0 Å². The molecule has 1 unspecified atom stereocenters. The molecule has 0 aromatic heterocycles. The van der Waals surface area contributed by atoms with E-state index in [0.717, 1.165) is 6.26 Å². The minimum absolute atomic E-state index is 0.0708. The van der Waals surface area contributed by atoms with Crippen LogP contribution in [-0.2, 0) is 20.0 Å². The molecule has 0 saturated carbocycles. The van der Waals surface area contributed by atoms with Gasteiger partial charge in [-0.1, -0.05) is 13.3 Å². The second kappa shape index (κ2) is 5.78. The topological polar surface area (TPSA) is 92.3 Å². The maximum absolute atomic E-state index is 11.2. The zero-order valence-corrected chi connectivity index (χ0v) is 10.8. The first kappa shape index (κ1) is 14.8. The third kappa shape index (κ3) is 7.71. The Morgan fingerprint density at radius 3 is 1.93 bits per heavy atom. The van der Waals surface area contributed by atoms with Crippen molar-refractivity contribution in [3.05, 3.63) is 0 Å². The van der Waals surface area contributed by atoms with E-state index < -0.39 is 26.2 Å². The molecule has 0 bridgehead atoms. The van der Waals surface area contributed by atoms with Gasteiger partial charge in [-0.3, -0.25) is 0 Å². The molecule has 0 radical (unpaired) electrons. The van der Waals surface area contributed by atoms with E-state index in [0.29, 0.717) is 12.8 Å². The maximum Gasteiger partial charge on any atom is 0.212 e. The Hall–Kier alpha value is -0.180. The fourth-order valence-corrected chi connectivity index (χ4v) is 2.53. The lowest BCUT2D eigenvalue weighted by molar-refractivity contribution is 0.494. The Balaban J connectivity index is 4.55. The van der Waals surface area contributed by atoms with Crippen LogP contribution in [0.4, 0.5) is 0 Å². The van der Waals surface area contributed by atoms with Crippen LogP contribution in [-0.4, -0.2) is 35.0 Å². The minimum atomic E-state index is -3.40. The molecule has 0 amide bonds. The molecule has 0 spiro atoms. The summed E-state index contributed by atoms with van der Waals surface area (Å²) in [6.07, 6.45) is 1.34. The normalized spacial score (nSPS) is 15.1. The van der Waals surface area contributed by atoms with Crippen LogP contribution in [0.2, 0.25) is 0 Å². The predicted octanol–water partition coefficient (Wildman–Crippen LogP) is -0.399. The van der Waals surface area contributed by atoms with Gasteiger partial charge >= 0.3 is 0 Å². The average molecular weight is 258 g/mol. The summed E-state index contributed by atoms with van der Waals surface area (Å²) < 4.78 is 48.9. The monoisotopic (exact) mass is 258 g/mol. The number of sulfonamides is 2. The summed E-state index contributed by atoms with van der Waals surface area (Å²) in [4.78, 5) is 0. The van der Waals surface area contributed by atoms with Crippen molar-refractivity contribution < 1.29 is 16.8 Å². The molecule has 0 rings (SSSR count). The molecule has 92 valence electrons. The van der Waals surface area contributed by atoms with E-state index in [2.05, 4.69) is 9.44 Å². The van der Waals surface area contributed by atoms with E-state index in [1.54, 1.807) is 0 Å². The number of nitrogens with one attached hydrogen (secondary N) is 2. The standard InChI is InChI=1S/C7H18N2O4S2/c1-4-6-7(8-14(3,10)11)9-15(12,13)5-2/h7-9H,4-6H2,1-3H3. The highest BCUT2D eigenvalue weighted by molar-refractivity contribution is 7.90. The SMILES string of the molecule is CCCC(NS(C)(=O)=O)NS(=O)(=O)CC. The highest BCUT2D eigenvalue weighted by Gasteiger charge is 2.18. The van der Waals surface area contributed by atoms with Gasteiger partial charge in [-0.2, -0.15) is 9.44 Å². The predicted molar refractivity (Wildman–Crippen MR) is 59.3 cm³/mol. The van der Waals surface area contributed by atoms with Crippen LogP contribution < -0.4 is 9.44 Å². The van der Waals surface area contributed by atoms with Crippen molar-refractivity contribution in [3.8, 4) is 0 Å². The van der Waals surface area contributed by atoms with Gasteiger partial charge < -0.3 is 0 Å². The van der Waals surface area contributed by atoms with Crippen molar-refractivity contribution in [1.29, 1.82) is 0 Å². The summed E-state index contributed by atoms with van der Waals surface area (Å²) in [5.74, 6) is -0.0708. The summed E-state index contributed by atoms with van der Waals surface area (Å²) in [5, 5.41) is 0. The van der Waals surface area contributed by atoms with Crippen molar-refractivity contribution >= 4 is 20.0 Å². The molecule has 0 aromatic carbocycles. The molecule has 0 aliphatic carbocycles. The van der Waals surface area contributed by atoms with Crippen LogP contribution in [0.3, 0.4) is 0 Å². The first-order valence-electron chi connectivity index (χ1n) is 4.67. The van der Waals surface area contributed by atoms with Crippen LogP contribution in [0.15, 0.2) is 0 Å². The van der Waals surface area contributed by atoms with E-state index in [1.807, 2.05) is 6.92 Å². The van der Waals surface area contributed by atoms with Gasteiger partial charge in [0.25, 0.3) is 0 Å². The Labute approximate surface area is 91.6 Å². The van der Waals surface area contributed by atoms with Crippen LogP contribution in [0.25, 0.3) is 0 Å². The number of rotatable bonds is 7. The maximum atomic E-state index is 11.2. The summed E-state index contributed by atoms with van der Waals surface area (Å²) in [7, 11) is -6.79. The fraction of sp³-hybridized carbons (Fsp3) is 1.00. The van der Waals surface area contributed by atoms with E-state index in [4.69, 9.17) is 0 Å². The number of hydrogen-bond acceptors (Lipinski definition) is 4. The molecule has 0 saturated heterocycles. The van der Waals surface area contributed by atoms with Gasteiger partial charge in [-0.15, -0.1) is 0 Å². The smallest absolute Gasteiger partial charge is 0.212 e. The van der Waals surface area contributed by atoms with Crippen molar-refractivity contribution in [2.45, 2.75) is 32.9 Å². The second-order valence-electron chi connectivity index (χ2n) is 3.25. The van der Waals surface area contributed by atoms with Gasteiger partial charge in [0.2, 0.25) is 20.0 Å². The zero-order valence-electron chi connectivity index (χ0n) is 9.15. The molecule has 2 N–H and O–H groups in total. The third-order valence-corrected chi connectivity index (χ3v) is 3.75. The Morgan fingerprint density at radius 2 is 1.60 bits per heavy atom. The molecule has 0 fully saturated rings.